The number of aromatic nitrogens is 2. The van der Waals surface area contributed by atoms with Crippen LogP contribution in [0.3, 0.4) is 0 Å². The van der Waals surface area contributed by atoms with E-state index in [0.717, 1.165) is 30.1 Å². The van der Waals surface area contributed by atoms with Crippen LogP contribution in [0.1, 0.15) is 22.6 Å². The number of hydrogen-bond donors (Lipinski definition) is 1. The molecule has 10 heteroatoms. The molecular weight excluding hydrogens is 404 g/mol. The molecule has 0 bridgehead atoms. The summed E-state index contributed by atoms with van der Waals surface area (Å²) in [4.78, 5) is 66.5. The molecule has 1 fully saturated rings. The highest BCUT2D eigenvalue weighted by atomic mass is 16.3. The first-order valence-electron chi connectivity index (χ1n) is 9.70. The number of barbiturate groups is 1. The van der Waals surface area contributed by atoms with Crippen LogP contribution in [0.5, 0.6) is 5.88 Å². The van der Waals surface area contributed by atoms with Gasteiger partial charge in [0.15, 0.2) is 0 Å². The third-order valence-electron chi connectivity index (χ3n) is 6.57. The molecule has 31 heavy (non-hydrogen) atoms. The van der Waals surface area contributed by atoms with E-state index < -0.39 is 46.3 Å². The van der Waals surface area contributed by atoms with E-state index in [4.69, 9.17) is 0 Å². The van der Waals surface area contributed by atoms with Crippen molar-refractivity contribution >= 4 is 17.8 Å². The Balaban J connectivity index is 2.08. The van der Waals surface area contributed by atoms with E-state index in [-0.39, 0.29) is 18.4 Å². The number of nitrogens with zero attached hydrogens (tertiary/aromatic N) is 4. The molecule has 1 unspecified atom stereocenters. The molecule has 1 spiro atoms. The van der Waals surface area contributed by atoms with Gasteiger partial charge in [0.25, 0.3) is 5.56 Å². The van der Waals surface area contributed by atoms with Gasteiger partial charge in [0.05, 0.1) is 5.56 Å². The van der Waals surface area contributed by atoms with Crippen molar-refractivity contribution < 1.29 is 19.5 Å². The molecule has 1 aliphatic carbocycles. The molecule has 1 saturated heterocycles. The topological polar surface area (TPSA) is 122 Å². The van der Waals surface area contributed by atoms with Crippen molar-refractivity contribution in [2.75, 3.05) is 14.1 Å². The van der Waals surface area contributed by atoms with Crippen molar-refractivity contribution in [2.24, 2.45) is 19.5 Å². The standard InChI is InChI=1S/C21H22N4O6/c1-22-15(26)14(16(27)23(2)19(22)30)13-9-11-7-5-6-8-12(11)10-21(13)17(28)24(3)20(31)25(4)18(21)29/h5-8,13,26H,9-10H2,1-4H3. The number of rotatable bonds is 1. The van der Waals surface area contributed by atoms with Gasteiger partial charge in [0.2, 0.25) is 17.7 Å². The van der Waals surface area contributed by atoms with Crippen molar-refractivity contribution in [1.82, 2.24) is 18.9 Å². The van der Waals surface area contributed by atoms with Gasteiger partial charge in [0, 0.05) is 34.1 Å². The lowest BCUT2D eigenvalue weighted by molar-refractivity contribution is -0.159. The largest absolute Gasteiger partial charge is 0.494 e. The summed E-state index contributed by atoms with van der Waals surface area (Å²) in [5, 5.41) is 10.8. The second-order valence-electron chi connectivity index (χ2n) is 8.13. The Kier molecular flexibility index (Phi) is 4.42. The van der Waals surface area contributed by atoms with Crippen molar-refractivity contribution in [1.29, 1.82) is 0 Å². The van der Waals surface area contributed by atoms with E-state index >= 15 is 0 Å². The predicted octanol–water partition coefficient (Wildman–Crippen LogP) is -0.291. The first-order valence-corrected chi connectivity index (χ1v) is 9.70. The second kappa shape index (κ2) is 6.66. The highest BCUT2D eigenvalue weighted by molar-refractivity contribution is 6.19. The Bertz CT molecular complexity index is 1250. The van der Waals surface area contributed by atoms with Gasteiger partial charge in [-0.1, -0.05) is 24.3 Å². The number of imide groups is 2. The molecule has 1 aromatic carbocycles. The summed E-state index contributed by atoms with van der Waals surface area (Å²) < 4.78 is 1.74. The monoisotopic (exact) mass is 426 g/mol. The second-order valence-corrected chi connectivity index (χ2v) is 8.13. The van der Waals surface area contributed by atoms with Gasteiger partial charge in [-0.3, -0.25) is 33.3 Å². The van der Waals surface area contributed by atoms with E-state index in [1.54, 1.807) is 18.2 Å². The minimum absolute atomic E-state index is 0.0428. The van der Waals surface area contributed by atoms with Crippen LogP contribution < -0.4 is 11.2 Å². The van der Waals surface area contributed by atoms with Crippen LogP contribution >= 0.6 is 0 Å². The van der Waals surface area contributed by atoms with Gasteiger partial charge in [-0.05, 0) is 24.0 Å². The van der Waals surface area contributed by atoms with Crippen molar-refractivity contribution in [3.8, 4) is 5.88 Å². The fourth-order valence-corrected chi connectivity index (χ4v) is 4.80. The lowest BCUT2D eigenvalue weighted by Crippen LogP contribution is -2.67. The van der Waals surface area contributed by atoms with Gasteiger partial charge < -0.3 is 5.11 Å². The Morgan fingerprint density at radius 3 is 2.00 bits per heavy atom. The SMILES string of the molecule is CN1C(=O)N(C)C(=O)C2(Cc3ccccc3CC2c2c(O)n(C)c(=O)n(C)c2=O)C1=O. The average molecular weight is 426 g/mol. The zero-order chi connectivity index (χ0) is 22.8. The minimum atomic E-state index is -1.81. The zero-order valence-electron chi connectivity index (χ0n) is 17.6. The minimum Gasteiger partial charge on any atom is -0.494 e. The van der Waals surface area contributed by atoms with E-state index in [9.17, 15) is 29.1 Å². The van der Waals surface area contributed by atoms with Crippen molar-refractivity contribution in [2.45, 2.75) is 18.8 Å². The van der Waals surface area contributed by atoms with Crippen molar-refractivity contribution in [3.63, 3.8) is 0 Å². The molecule has 10 nitrogen and oxygen atoms in total. The fourth-order valence-electron chi connectivity index (χ4n) is 4.80. The number of amides is 4. The Morgan fingerprint density at radius 1 is 0.871 bits per heavy atom. The van der Waals surface area contributed by atoms with E-state index in [1.165, 1.54) is 28.2 Å². The number of aromatic hydroxyl groups is 1. The van der Waals surface area contributed by atoms with Crippen LogP contribution in [-0.2, 0) is 36.5 Å². The van der Waals surface area contributed by atoms with Gasteiger partial charge in [-0.15, -0.1) is 0 Å². The van der Waals surface area contributed by atoms with Gasteiger partial charge >= 0.3 is 11.7 Å². The number of benzene rings is 1. The van der Waals surface area contributed by atoms with Crippen LogP contribution in [0.4, 0.5) is 4.79 Å². The maximum absolute atomic E-state index is 13.5. The number of fused-ring (bicyclic) bond motifs is 1. The van der Waals surface area contributed by atoms with Crippen LogP contribution in [0.15, 0.2) is 33.9 Å². The molecule has 2 heterocycles. The van der Waals surface area contributed by atoms with Crippen LogP contribution in [0.25, 0.3) is 0 Å². The fraction of sp³-hybridized carbons (Fsp3) is 0.381. The third kappa shape index (κ3) is 2.54. The first kappa shape index (κ1) is 20.6. The Labute approximate surface area is 176 Å². The van der Waals surface area contributed by atoms with Crippen LogP contribution in [0, 0.1) is 5.41 Å². The molecular formula is C21H22N4O6. The molecule has 4 rings (SSSR count). The molecule has 2 aromatic rings. The summed E-state index contributed by atoms with van der Waals surface area (Å²) in [7, 11) is 5.14. The smallest absolute Gasteiger partial charge is 0.333 e. The molecule has 1 atom stereocenters. The predicted molar refractivity (Wildman–Crippen MR) is 109 cm³/mol. The average Bonchev–Trinajstić information content (AvgIpc) is 2.77. The maximum atomic E-state index is 13.5. The van der Waals surface area contributed by atoms with Gasteiger partial charge in [-0.25, -0.2) is 9.59 Å². The number of urea groups is 1. The lowest BCUT2D eigenvalue weighted by atomic mass is 9.60. The lowest BCUT2D eigenvalue weighted by Gasteiger charge is -2.48. The third-order valence-corrected chi connectivity index (χ3v) is 6.57. The maximum Gasteiger partial charge on any atom is 0.333 e. The summed E-state index contributed by atoms with van der Waals surface area (Å²) in [6.45, 7) is 0. The van der Waals surface area contributed by atoms with Gasteiger partial charge in [0.1, 0.15) is 5.41 Å². The summed E-state index contributed by atoms with van der Waals surface area (Å²) in [6, 6.07) is 6.44. The summed E-state index contributed by atoms with van der Waals surface area (Å²) >= 11 is 0. The van der Waals surface area contributed by atoms with Crippen LogP contribution in [-0.4, -0.2) is 56.0 Å². The molecule has 1 N–H and O–H groups in total. The quantitative estimate of drug-likeness (QED) is 0.626. The molecule has 0 saturated carbocycles. The molecule has 1 aliphatic heterocycles. The van der Waals surface area contributed by atoms with E-state index in [2.05, 4.69) is 0 Å². The first-order chi connectivity index (χ1) is 14.5. The normalized spacial score (nSPS) is 20.4. The number of carbonyl (C=O) groups is 3. The molecule has 0 radical (unpaired) electrons. The Morgan fingerprint density at radius 2 is 1.42 bits per heavy atom. The van der Waals surface area contributed by atoms with E-state index in [1.807, 2.05) is 6.07 Å². The van der Waals surface area contributed by atoms with Gasteiger partial charge in [-0.2, -0.15) is 0 Å². The molecule has 2 aliphatic rings. The van der Waals surface area contributed by atoms with E-state index in [0.29, 0.717) is 0 Å². The summed E-state index contributed by atoms with van der Waals surface area (Å²) in [5.41, 5.74) is -1.97. The van der Waals surface area contributed by atoms with Crippen LogP contribution in [0.2, 0.25) is 0 Å². The summed E-state index contributed by atoms with van der Waals surface area (Å²) in [6.07, 6.45) is 0.0590. The zero-order valence-corrected chi connectivity index (χ0v) is 17.6. The molecule has 1 aromatic heterocycles. The highest BCUT2D eigenvalue weighted by Gasteiger charge is 2.62. The summed E-state index contributed by atoms with van der Waals surface area (Å²) in [5.74, 6) is -3.16. The Hall–Kier alpha value is -3.69. The molecule has 162 valence electrons. The number of carbonyl (C=O) groups excluding carboxylic acids is 3. The molecule has 4 amide bonds. The van der Waals surface area contributed by atoms with Crippen molar-refractivity contribution in [3.05, 3.63) is 61.8 Å². The highest BCUT2D eigenvalue weighted by Crippen LogP contribution is 2.50. The number of hydrogen-bond acceptors (Lipinski definition) is 6.